The Labute approximate surface area is 128 Å². The lowest BCUT2D eigenvalue weighted by Gasteiger charge is -2.56. The quantitative estimate of drug-likeness (QED) is 0.783. The van der Waals surface area contributed by atoms with E-state index in [4.69, 9.17) is 0 Å². The summed E-state index contributed by atoms with van der Waals surface area (Å²) < 4.78 is 24.9. The summed E-state index contributed by atoms with van der Waals surface area (Å²) in [5.74, 6) is 1.64. The number of hydrogen-bond donors (Lipinski definition) is 0. The van der Waals surface area contributed by atoms with Crippen molar-refractivity contribution in [3.8, 4) is 0 Å². The first-order valence-corrected chi connectivity index (χ1v) is 9.44. The van der Waals surface area contributed by atoms with Gasteiger partial charge in [-0.1, -0.05) is 43.2 Å². The van der Waals surface area contributed by atoms with Crippen LogP contribution < -0.4 is 0 Å². The lowest BCUT2D eigenvalue weighted by molar-refractivity contribution is -0.00771. The van der Waals surface area contributed by atoms with Crippen molar-refractivity contribution in [2.24, 2.45) is 17.3 Å². The second kappa shape index (κ2) is 4.98. The SMILES string of the molecule is Cc1ccc(S(=O)(=O)CCC2=CC[C@@H]3C[C@H]2C3(C)C)cc1. The minimum atomic E-state index is -3.16. The van der Waals surface area contributed by atoms with Gasteiger partial charge in [-0.25, -0.2) is 8.42 Å². The van der Waals surface area contributed by atoms with Gasteiger partial charge in [0.2, 0.25) is 0 Å². The highest BCUT2D eigenvalue weighted by molar-refractivity contribution is 7.91. The number of hydrogen-bond acceptors (Lipinski definition) is 2. The Kier molecular flexibility index (Phi) is 3.52. The zero-order valence-electron chi connectivity index (χ0n) is 13.1. The third-order valence-electron chi connectivity index (χ3n) is 5.62. The minimum Gasteiger partial charge on any atom is -0.224 e. The normalized spacial score (nSPS) is 26.9. The number of fused-ring (bicyclic) bond motifs is 1. The fraction of sp³-hybridized carbons (Fsp3) is 0.556. The van der Waals surface area contributed by atoms with Crippen LogP contribution in [0.2, 0.25) is 0 Å². The maximum Gasteiger partial charge on any atom is 0.178 e. The largest absolute Gasteiger partial charge is 0.224 e. The molecule has 0 N–H and O–H groups in total. The van der Waals surface area contributed by atoms with Gasteiger partial charge >= 0.3 is 0 Å². The highest BCUT2D eigenvalue weighted by atomic mass is 32.2. The van der Waals surface area contributed by atoms with Crippen LogP contribution in [-0.4, -0.2) is 14.2 Å². The van der Waals surface area contributed by atoms with E-state index in [2.05, 4.69) is 19.9 Å². The van der Waals surface area contributed by atoms with Crippen LogP contribution in [0.1, 0.15) is 38.7 Å². The molecule has 0 unspecified atom stereocenters. The summed E-state index contributed by atoms with van der Waals surface area (Å²) in [5.41, 5.74) is 2.84. The lowest BCUT2D eigenvalue weighted by atomic mass is 9.48. The van der Waals surface area contributed by atoms with Crippen molar-refractivity contribution < 1.29 is 8.42 Å². The molecule has 0 spiro atoms. The van der Waals surface area contributed by atoms with Gasteiger partial charge in [-0.15, -0.1) is 0 Å². The van der Waals surface area contributed by atoms with E-state index >= 15 is 0 Å². The van der Waals surface area contributed by atoms with Gasteiger partial charge in [-0.2, -0.15) is 0 Å². The average Bonchev–Trinajstić information content (AvgIpc) is 2.45. The molecule has 2 atom stereocenters. The summed E-state index contributed by atoms with van der Waals surface area (Å²) in [6, 6.07) is 7.19. The van der Waals surface area contributed by atoms with Crippen molar-refractivity contribution in [3.05, 3.63) is 41.5 Å². The molecular weight excluding hydrogens is 280 g/mol. The van der Waals surface area contributed by atoms with E-state index in [1.54, 1.807) is 12.1 Å². The van der Waals surface area contributed by atoms with Crippen LogP contribution in [0.25, 0.3) is 0 Å². The maximum absolute atomic E-state index is 12.4. The molecule has 1 saturated carbocycles. The molecule has 4 rings (SSSR count). The Hall–Kier alpha value is -1.09. The monoisotopic (exact) mass is 304 g/mol. The summed E-state index contributed by atoms with van der Waals surface area (Å²) in [6.45, 7) is 6.62. The molecule has 1 aromatic rings. The zero-order chi connectivity index (χ0) is 15.3. The summed E-state index contributed by atoms with van der Waals surface area (Å²) in [5, 5.41) is 0. The number of aryl methyl sites for hydroxylation is 1. The molecule has 0 amide bonds. The summed E-state index contributed by atoms with van der Waals surface area (Å²) in [4.78, 5) is 0.454. The van der Waals surface area contributed by atoms with Gasteiger partial charge in [0.25, 0.3) is 0 Å². The number of allylic oxidation sites excluding steroid dienone is 2. The van der Waals surface area contributed by atoms with Gasteiger partial charge < -0.3 is 0 Å². The van der Waals surface area contributed by atoms with Gasteiger partial charge in [0.1, 0.15) is 0 Å². The molecule has 2 nitrogen and oxygen atoms in total. The van der Waals surface area contributed by atoms with Crippen molar-refractivity contribution in [1.82, 2.24) is 0 Å². The molecule has 0 radical (unpaired) electrons. The molecule has 0 aliphatic heterocycles. The second-order valence-corrected chi connectivity index (χ2v) is 9.31. The molecule has 3 aliphatic carbocycles. The van der Waals surface area contributed by atoms with Crippen LogP contribution in [0, 0.1) is 24.2 Å². The second-order valence-electron chi connectivity index (χ2n) is 7.20. The number of sulfone groups is 1. The Morgan fingerprint density at radius 2 is 1.86 bits per heavy atom. The first-order chi connectivity index (χ1) is 9.80. The Morgan fingerprint density at radius 1 is 1.19 bits per heavy atom. The minimum absolute atomic E-state index is 0.235. The van der Waals surface area contributed by atoms with Gasteiger partial charge in [0.15, 0.2) is 9.84 Å². The Bertz CT molecular complexity index is 666. The molecule has 0 aromatic heterocycles. The van der Waals surface area contributed by atoms with E-state index in [1.165, 1.54) is 12.0 Å². The first kappa shape index (κ1) is 14.8. The van der Waals surface area contributed by atoms with Crippen molar-refractivity contribution >= 4 is 9.84 Å². The van der Waals surface area contributed by atoms with E-state index in [0.29, 0.717) is 22.6 Å². The highest BCUT2D eigenvalue weighted by Crippen LogP contribution is 2.59. The van der Waals surface area contributed by atoms with Crippen molar-refractivity contribution in [1.29, 1.82) is 0 Å². The first-order valence-electron chi connectivity index (χ1n) is 7.79. The molecular formula is C18H24O2S. The third kappa shape index (κ3) is 2.57. The van der Waals surface area contributed by atoms with E-state index in [-0.39, 0.29) is 5.75 Å². The van der Waals surface area contributed by atoms with Crippen LogP contribution in [0.15, 0.2) is 40.8 Å². The predicted molar refractivity (Wildman–Crippen MR) is 85.9 cm³/mol. The van der Waals surface area contributed by atoms with E-state index < -0.39 is 9.84 Å². The Morgan fingerprint density at radius 3 is 2.43 bits per heavy atom. The molecule has 2 bridgehead atoms. The average molecular weight is 304 g/mol. The van der Waals surface area contributed by atoms with Gasteiger partial charge in [-0.05, 0) is 55.6 Å². The number of rotatable bonds is 4. The summed E-state index contributed by atoms with van der Waals surface area (Å²) >= 11 is 0. The van der Waals surface area contributed by atoms with E-state index in [0.717, 1.165) is 17.9 Å². The van der Waals surface area contributed by atoms with Crippen LogP contribution in [0.3, 0.4) is 0 Å². The van der Waals surface area contributed by atoms with Crippen molar-refractivity contribution in [2.75, 3.05) is 5.75 Å². The fourth-order valence-electron chi connectivity index (χ4n) is 3.87. The Balaban J connectivity index is 1.70. The van der Waals surface area contributed by atoms with Crippen LogP contribution in [-0.2, 0) is 9.84 Å². The van der Waals surface area contributed by atoms with Gasteiger partial charge in [0.05, 0.1) is 10.6 Å². The molecule has 3 heteroatoms. The molecule has 114 valence electrons. The van der Waals surface area contributed by atoms with E-state index in [9.17, 15) is 8.42 Å². The molecule has 3 aliphatic rings. The molecule has 21 heavy (non-hydrogen) atoms. The molecule has 0 saturated heterocycles. The van der Waals surface area contributed by atoms with Crippen LogP contribution in [0.4, 0.5) is 0 Å². The number of benzene rings is 1. The maximum atomic E-state index is 12.4. The zero-order valence-corrected chi connectivity index (χ0v) is 13.9. The summed E-state index contributed by atoms with van der Waals surface area (Å²) in [6.07, 6.45) is 5.37. The highest BCUT2D eigenvalue weighted by Gasteiger charge is 2.50. The smallest absolute Gasteiger partial charge is 0.178 e. The third-order valence-corrected chi connectivity index (χ3v) is 7.35. The van der Waals surface area contributed by atoms with Crippen LogP contribution in [0.5, 0.6) is 0 Å². The van der Waals surface area contributed by atoms with Crippen molar-refractivity contribution in [2.45, 2.75) is 44.9 Å². The standard InChI is InChI=1S/C18H24O2S/c1-13-4-8-16(9-5-13)21(19,20)11-10-14-6-7-15-12-17(14)18(15,2)3/h4-6,8-9,15,17H,7,10-12H2,1-3H3/t15-,17-/m1/s1. The van der Waals surface area contributed by atoms with E-state index in [1.807, 2.05) is 19.1 Å². The fourth-order valence-corrected chi connectivity index (χ4v) is 5.16. The molecule has 0 heterocycles. The van der Waals surface area contributed by atoms with Gasteiger partial charge in [0, 0.05) is 0 Å². The lowest BCUT2D eigenvalue weighted by Crippen LogP contribution is -2.48. The van der Waals surface area contributed by atoms with Crippen LogP contribution >= 0.6 is 0 Å². The van der Waals surface area contributed by atoms with Crippen molar-refractivity contribution in [3.63, 3.8) is 0 Å². The molecule has 1 fully saturated rings. The topological polar surface area (TPSA) is 34.1 Å². The summed E-state index contributed by atoms with van der Waals surface area (Å²) in [7, 11) is -3.16. The van der Waals surface area contributed by atoms with Gasteiger partial charge in [-0.3, -0.25) is 0 Å². The predicted octanol–water partition coefficient (Wildman–Crippen LogP) is 4.15. The molecule has 1 aromatic carbocycles.